The zero-order valence-corrected chi connectivity index (χ0v) is 40.3. The predicted octanol–water partition coefficient (Wildman–Crippen LogP) is 5.12. The van der Waals surface area contributed by atoms with Gasteiger partial charge in [0.15, 0.2) is 5.13 Å². The van der Waals surface area contributed by atoms with Crippen molar-refractivity contribution in [1.82, 2.24) is 30.0 Å². The van der Waals surface area contributed by atoms with Crippen molar-refractivity contribution in [2.24, 2.45) is 0 Å². The van der Waals surface area contributed by atoms with Crippen molar-refractivity contribution in [3.8, 4) is 11.3 Å². The molecule has 0 spiro atoms. The molecule has 71 heavy (non-hydrogen) atoms. The Bertz CT molecular complexity index is 2680. The summed E-state index contributed by atoms with van der Waals surface area (Å²) in [4.78, 5) is 90.3. The molecule has 372 valence electrons. The lowest BCUT2D eigenvalue weighted by atomic mass is 10.0. The maximum Gasteiger partial charge on any atom is 0.264 e. The van der Waals surface area contributed by atoms with Gasteiger partial charge in [-0.25, -0.2) is 4.98 Å². The number of amides is 6. The molecular weight excluding hydrogens is 931 g/mol. The lowest BCUT2D eigenvalue weighted by molar-refractivity contribution is -0.136. The minimum Gasteiger partial charge on any atom is -0.382 e. The van der Waals surface area contributed by atoms with Crippen LogP contribution in [0.2, 0.25) is 0 Å². The summed E-state index contributed by atoms with van der Waals surface area (Å²) >= 11 is 1.50. The molecule has 0 radical (unpaired) electrons. The van der Waals surface area contributed by atoms with E-state index in [1.165, 1.54) is 11.3 Å². The van der Waals surface area contributed by atoms with E-state index in [1.54, 1.807) is 30.6 Å². The molecule has 4 N–H and O–H groups in total. The number of fused-ring (bicyclic) bond motifs is 1. The van der Waals surface area contributed by atoms with E-state index < -0.39 is 29.7 Å². The molecule has 1 atom stereocenters. The Morgan fingerprint density at radius 1 is 0.803 bits per heavy atom. The third-order valence-electron chi connectivity index (χ3n) is 12.2. The number of hydrogen-bond donors (Lipinski definition) is 4. The summed E-state index contributed by atoms with van der Waals surface area (Å²) < 4.78 is 22.4. The normalized spacial score (nSPS) is 16.0. The quantitative estimate of drug-likeness (QED) is 0.0465. The number of aromatic nitrogens is 2. The number of carbonyl (C=O) groups is 6. The van der Waals surface area contributed by atoms with Crippen molar-refractivity contribution < 1.29 is 47.7 Å². The summed E-state index contributed by atoms with van der Waals surface area (Å²) in [5.41, 5.74) is 6.87. The molecule has 2 aromatic heterocycles. The van der Waals surface area contributed by atoms with Gasteiger partial charge in [-0.15, -0.1) is 11.3 Å². The van der Waals surface area contributed by atoms with E-state index in [0.29, 0.717) is 95.8 Å². The Morgan fingerprint density at radius 2 is 1.54 bits per heavy atom. The highest BCUT2D eigenvalue weighted by molar-refractivity contribution is 7.14. The van der Waals surface area contributed by atoms with E-state index in [-0.39, 0.29) is 35.8 Å². The third kappa shape index (κ3) is 13.5. The van der Waals surface area contributed by atoms with Crippen LogP contribution in [0, 0.1) is 6.92 Å². The minimum absolute atomic E-state index is 0.0555. The maximum absolute atomic E-state index is 13.2. The van der Waals surface area contributed by atoms with E-state index in [4.69, 9.17) is 23.9 Å². The number of rotatable bonds is 24. The Hall–Kier alpha value is -6.94. The number of benzene rings is 3. The van der Waals surface area contributed by atoms with Gasteiger partial charge in [-0.3, -0.25) is 48.9 Å². The van der Waals surface area contributed by atoms with Crippen molar-refractivity contribution in [2.75, 3.05) is 102 Å². The van der Waals surface area contributed by atoms with Gasteiger partial charge in [0.25, 0.3) is 17.7 Å². The Morgan fingerprint density at radius 3 is 2.25 bits per heavy atom. The highest BCUT2D eigenvalue weighted by Gasteiger charge is 2.45. The van der Waals surface area contributed by atoms with Crippen LogP contribution in [0.4, 0.5) is 22.2 Å². The van der Waals surface area contributed by atoms with Crippen molar-refractivity contribution in [2.45, 2.75) is 38.8 Å². The van der Waals surface area contributed by atoms with E-state index in [0.717, 1.165) is 57.7 Å². The summed E-state index contributed by atoms with van der Waals surface area (Å²) in [5.74, 6) is -2.34. The third-order valence-corrected chi connectivity index (χ3v) is 12.9. The second-order valence-corrected chi connectivity index (χ2v) is 17.9. The van der Waals surface area contributed by atoms with Crippen molar-refractivity contribution in [3.05, 3.63) is 118 Å². The number of nitrogens with one attached hydrogen (secondary N) is 4. The smallest absolute Gasteiger partial charge is 0.264 e. The van der Waals surface area contributed by atoms with Crippen LogP contribution >= 0.6 is 11.3 Å². The standard InChI is InChI=1S/C51H57N9O10S/c1-34-7-12-38(30-41(34)55-51-56-42(33-71-51)37-4-3-16-52-31-37)54-47(63)36-10-8-35(9-11-36)32-58-18-20-59(21-19-58)45(62)15-22-67-24-26-69-28-29-70-27-25-68-23-17-53-40-6-2-5-39-46(40)50(66)60(49(39)65)43-13-14-44(61)57-48(43)64/h2-12,16,30-31,33,43,53H,13-15,17-29,32H2,1H3,(H,54,63)(H,55,56)(H,57,61,64). The average Bonchev–Trinajstić information content (AvgIpc) is 3.95. The molecular formula is C51H57N9O10S. The molecule has 1 unspecified atom stereocenters. The Kier molecular flexibility index (Phi) is 17.6. The molecule has 3 aliphatic rings. The molecule has 20 heteroatoms. The maximum atomic E-state index is 13.2. The number of piperazine rings is 1. The Balaban J connectivity index is 0.627. The summed E-state index contributed by atoms with van der Waals surface area (Å²) in [7, 11) is 0. The molecule has 2 fully saturated rings. The van der Waals surface area contributed by atoms with E-state index in [9.17, 15) is 28.8 Å². The molecule has 2 saturated heterocycles. The predicted molar refractivity (Wildman–Crippen MR) is 266 cm³/mol. The van der Waals surface area contributed by atoms with Crippen LogP contribution in [0.25, 0.3) is 11.3 Å². The molecule has 0 saturated carbocycles. The van der Waals surface area contributed by atoms with Gasteiger partial charge < -0.3 is 39.8 Å². The summed E-state index contributed by atoms with van der Waals surface area (Å²) in [6.07, 6.45) is 3.97. The lowest BCUT2D eigenvalue weighted by Gasteiger charge is -2.34. The highest BCUT2D eigenvalue weighted by Crippen LogP contribution is 2.33. The summed E-state index contributed by atoms with van der Waals surface area (Å²) in [5, 5.41) is 14.5. The number of aryl methyl sites for hydroxylation is 1. The molecule has 5 heterocycles. The number of pyridine rings is 1. The average molecular weight is 988 g/mol. The van der Waals surface area contributed by atoms with Crippen LogP contribution in [-0.4, -0.2) is 152 Å². The van der Waals surface area contributed by atoms with Gasteiger partial charge >= 0.3 is 0 Å². The molecule has 6 amide bonds. The number of hydrogen-bond acceptors (Lipinski definition) is 16. The van der Waals surface area contributed by atoms with Crippen LogP contribution < -0.4 is 21.3 Å². The first-order valence-electron chi connectivity index (χ1n) is 23.6. The molecule has 19 nitrogen and oxygen atoms in total. The largest absolute Gasteiger partial charge is 0.382 e. The zero-order chi connectivity index (χ0) is 49.5. The first-order chi connectivity index (χ1) is 34.6. The number of imide groups is 2. The molecule has 3 aliphatic heterocycles. The molecule has 0 aliphatic carbocycles. The summed E-state index contributed by atoms with van der Waals surface area (Å²) in [6.45, 7) is 8.72. The highest BCUT2D eigenvalue weighted by atomic mass is 32.1. The van der Waals surface area contributed by atoms with E-state index in [1.807, 2.05) is 71.8 Å². The molecule has 3 aromatic carbocycles. The van der Waals surface area contributed by atoms with Gasteiger partial charge in [-0.05, 0) is 73.0 Å². The van der Waals surface area contributed by atoms with Gasteiger partial charge in [-0.2, -0.15) is 0 Å². The van der Waals surface area contributed by atoms with Gasteiger partial charge in [0.1, 0.15) is 6.04 Å². The fraction of sp³-hybridized carbons (Fsp3) is 0.373. The molecule has 5 aromatic rings. The Labute approximate surface area is 415 Å². The van der Waals surface area contributed by atoms with Crippen LogP contribution in [0.5, 0.6) is 0 Å². The fourth-order valence-electron chi connectivity index (χ4n) is 8.31. The number of thiazole rings is 1. The summed E-state index contributed by atoms with van der Waals surface area (Å²) in [6, 6.07) is 21.1. The van der Waals surface area contributed by atoms with E-state index >= 15 is 0 Å². The molecule has 8 rings (SSSR count). The van der Waals surface area contributed by atoms with Crippen molar-refractivity contribution in [3.63, 3.8) is 0 Å². The number of piperidine rings is 1. The van der Waals surface area contributed by atoms with Crippen molar-refractivity contribution in [1.29, 1.82) is 0 Å². The lowest BCUT2D eigenvalue weighted by Crippen LogP contribution is -2.54. The topological polar surface area (TPSA) is 223 Å². The van der Waals surface area contributed by atoms with Crippen LogP contribution in [0.15, 0.2) is 90.6 Å². The first kappa shape index (κ1) is 50.4. The monoisotopic (exact) mass is 987 g/mol. The van der Waals surface area contributed by atoms with Gasteiger partial charge in [0, 0.05) is 91.7 Å². The van der Waals surface area contributed by atoms with E-state index in [2.05, 4.69) is 31.2 Å². The number of ether oxygens (including phenoxy) is 4. The number of nitrogens with zero attached hydrogens (tertiary/aromatic N) is 5. The zero-order valence-electron chi connectivity index (χ0n) is 39.5. The fourth-order valence-corrected chi connectivity index (χ4v) is 9.04. The number of anilines is 4. The van der Waals surface area contributed by atoms with Gasteiger partial charge in [0.2, 0.25) is 17.7 Å². The van der Waals surface area contributed by atoms with Crippen molar-refractivity contribution >= 4 is 69.0 Å². The van der Waals surface area contributed by atoms with Crippen LogP contribution in [-0.2, 0) is 39.9 Å². The number of carbonyl (C=O) groups excluding carboxylic acids is 6. The SMILES string of the molecule is Cc1ccc(NC(=O)c2ccc(CN3CCN(C(=O)CCOCCOCCOCCOCCNc4cccc5c4C(=O)N(C4CCC(=O)NC4=O)C5=O)CC3)cc2)cc1Nc1nc(-c2cccnc2)cs1. The molecule has 0 bridgehead atoms. The van der Waals surface area contributed by atoms with Crippen LogP contribution in [0.3, 0.4) is 0 Å². The van der Waals surface area contributed by atoms with Gasteiger partial charge in [-0.1, -0.05) is 24.3 Å². The van der Waals surface area contributed by atoms with Gasteiger partial charge in [0.05, 0.1) is 76.1 Å². The minimum atomic E-state index is -1.02. The second kappa shape index (κ2) is 24.8. The van der Waals surface area contributed by atoms with Crippen LogP contribution in [0.1, 0.15) is 61.5 Å². The second-order valence-electron chi connectivity index (χ2n) is 17.0. The first-order valence-corrected chi connectivity index (χ1v) is 24.5.